The van der Waals surface area contributed by atoms with Crippen LogP contribution in [0.4, 0.5) is 0 Å². The summed E-state index contributed by atoms with van der Waals surface area (Å²) in [5.41, 5.74) is 1.93. The van der Waals surface area contributed by atoms with E-state index in [9.17, 15) is 9.59 Å². The first-order chi connectivity index (χ1) is 16.5. The number of hydrogen-bond acceptors (Lipinski definition) is 3. The highest BCUT2D eigenvalue weighted by Crippen LogP contribution is 2.31. The third-order valence-corrected chi connectivity index (χ3v) is 7.71. The number of nitrogens with one attached hydrogen (secondary N) is 1. The smallest absolute Gasteiger partial charge is 0.261 e. The van der Waals surface area contributed by atoms with Crippen LogP contribution in [-0.4, -0.2) is 35.4 Å². The molecule has 1 atom stereocenters. The summed E-state index contributed by atoms with van der Waals surface area (Å²) >= 11 is 15.8. The molecule has 0 heterocycles. The number of hydrogen-bond donors (Lipinski definition) is 1. The van der Waals surface area contributed by atoms with E-state index < -0.39 is 6.04 Å². The summed E-state index contributed by atoms with van der Waals surface area (Å²) in [5.74, 6) is 0.113. The molecule has 0 bridgehead atoms. The summed E-state index contributed by atoms with van der Waals surface area (Å²) < 4.78 is 6.65. The zero-order valence-electron chi connectivity index (χ0n) is 20.7. The van der Waals surface area contributed by atoms with E-state index in [1.807, 2.05) is 18.2 Å². The van der Waals surface area contributed by atoms with Crippen molar-refractivity contribution in [2.75, 3.05) is 6.61 Å². The maximum Gasteiger partial charge on any atom is 0.261 e. The number of ether oxygens (including phenoxy) is 1. The van der Waals surface area contributed by atoms with Crippen molar-refractivity contribution >= 4 is 50.9 Å². The summed E-state index contributed by atoms with van der Waals surface area (Å²) in [4.78, 5) is 27.9. The molecule has 1 N–H and O–H groups in total. The van der Waals surface area contributed by atoms with Gasteiger partial charge in [-0.1, -0.05) is 68.9 Å². The van der Waals surface area contributed by atoms with E-state index in [-0.39, 0.29) is 36.4 Å². The van der Waals surface area contributed by atoms with Crippen molar-refractivity contribution in [1.82, 2.24) is 10.2 Å². The molecular weight excluding hydrogens is 551 g/mol. The lowest BCUT2D eigenvalue weighted by atomic mass is 9.87. The molecule has 1 fully saturated rings. The Morgan fingerprint density at radius 1 is 1.11 bits per heavy atom. The van der Waals surface area contributed by atoms with Crippen molar-refractivity contribution in [2.45, 2.75) is 77.4 Å². The van der Waals surface area contributed by atoms with Crippen molar-refractivity contribution in [3.8, 4) is 5.75 Å². The van der Waals surface area contributed by atoms with Gasteiger partial charge >= 0.3 is 0 Å². The lowest BCUT2D eigenvalue weighted by Gasteiger charge is -2.30. The number of nitrogens with zero attached hydrogens (tertiary/aromatic N) is 1. The van der Waals surface area contributed by atoms with Gasteiger partial charge in [0, 0.05) is 12.6 Å². The van der Waals surface area contributed by atoms with Crippen molar-refractivity contribution < 1.29 is 14.3 Å². The van der Waals surface area contributed by atoms with Crippen LogP contribution in [0.1, 0.15) is 64.5 Å². The molecule has 2 aromatic rings. The Balaban J connectivity index is 1.75. The SMILES string of the molecule is CC(C(=O)NC1CCCC1)N(Cc1ccc(Cl)c(Cl)c1)C(=O)COc1ccc(C(C)(C)C)cc1Br. The lowest BCUT2D eigenvalue weighted by Crippen LogP contribution is -2.50. The molecule has 1 saturated carbocycles. The molecule has 1 aliphatic rings. The third-order valence-electron chi connectivity index (χ3n) is 6.35. The van der Waals surface area contributed by atoms with Crippen molar-refractivity contribution in [3.05, 3.63) is 62.0 Å². The van der Waals surface area contributed by atoms with E-state index in [1.165, 1.54) is 4.90 Å². The monoisotopic (exact) mass is 582 g/mol. The van der Waals surface area contributed by atoms with E-state index in [1.54, 1.807) is 25.1 Å². The molecule has 2 aromatic carbocycles. The Morgan fingerprint density at radius 3 is 2.40 bits per heavy atom. The first-order valence-electron chi connectivity index (χ1n) is 11.9. The Kier molecular flexibility index (Phi) is 9.53. The predicted molar refractivity (Wildman–Crippen MR) is 145 cm³/mol. The molecule has 190 valence electrons. The lowest BCUT2D eigenvalue weighted by molar-refractivity contribution is -0.142. The summed E-state index contributed by atoms with van der Waals surface area (Å²) in [7, 11) is 0. The zero-order chi connectivity index (χ0) is 25.8. The van der Waals surface area contributed by atoms with Gasteiger partial charge < -0.3 is 15.0 Å². The van der Waals surface area contributed by atoms with Gasteiger partial charge in [-0.2, -0.15) is 0 Å². The van der Waals surface area contributed by atoms with Crippen LogP contribution < -0.4 is 10.1 Å². The minimum absolute atomic E-state index is 0.00433. The quantitative estimate of drug-likeness (QED) is 0.367. The van der Waals surface area contributed by atoms with E-state index in [0.29, 0.717) is 15.8 Å². The molecule has 5 nitrogen and oxygen atoms in total. The van der Waals surface area contributed by atoms with Gasteiger partial charge in [-0.05, 0) is 76.5 Å². The minimum Gasteiger partial charge on any atom is -0.483 e. The van der Waals surface area contributed by atoms with Crippen LogP contribution >= 0.6 is 39.1 Å². The van der Waals surface area contributed by atoms with Gasteiger partial charge in [0.25, 0.3) is 5.91 Å². The van der Waals surface area contributed by atoms with Crippen molar-refractivity contribution in [1.29, 1.82) is 0 Å². The van der Waals surface area contributed by atoms with Crippen LogP contribution in [0.15, 0.2) is 40.9 Å². The molecule has 0 spiro atoms. The van der Waals surface area contributed by atoms with Crippen molar-refractivity contribution in [3.63, 3.8) is 0 Å². The number of carbonyl (C=O) groups is 2. The maximum atomic E-state index is 13.3. The fourth-order valence-corrected chi connectivity index (χ4v) is 4.93. The summed E-state index contributed by atoms with van der Waals surface area (Å²) in [6, 6.07) is 10.6. The molecule has 0 radical (unpaired) electrons. The molecule has 35 heavy (non-hydrogen) atoms. The summed E-state index contributed by atoms with van der Waals surface area (Å²) in [6.07, 6.45) is 4.17. The zero-order valence-corrected chi connectivity index (χ0v) is 23.8. The van der Waals surface area contributed by atoms with Crippen LogP contribution in [0, 0.1) is 0 Å². The predicted octanol–water partition coefficient (Wildman–Crippen LogP) is 6.91. The number of benzene rings is 2. The van der Waals surface area contributed by atoms with Crippen LogP contribution in [0.5, 0.6) is 5.75 Å². The second kappa shape index (κ2) is 12.0. The normalized spacial score (nSPS) is 15.1. The topological polar surface area (TPSA) is 58.6 Å². The number of halogens is 3. The first kappa shape index (κ1) is 27.8. The molecule has 8 heteroatoms. The second-order valence-electron chi connectivity index (χ2n) is 10.1. The van der Waals surface area contributed by atoms with E-state index in [0.717, 1.165) is 41.3 Å². The van der Waals surface area contributed by atoms with Gasteiger partial charge in [-0.15, -0.1) is 0 Å². The molecule has 3 rings (SSSR count). The molecular formula is C27H33BrCl2N2O3. The van der Waals surface area contributed by atoms with E-state index in [2.05, 4.69) is 42.0 Å². The number of amides is 2. The molecule has 0 aliphatic heterocycles. The van der Waals surface area contributed by atoms with Crippen LogP contribution in [0.25, 0.3) is 0 Å². The Labute approximate surface area is 226 Å². The Morgan fingerprint density at radius 2 is 1.80 bits per heavy atom. The van der Waals surface area contributed by atoms with Gasteiger partial charge in [0.2, 0.25) is 5.91 Å². The van der Waals surface area contributed by atoms with Gasteiger partial charge in [0.1, 0.15) is 11.8 Å². The van der Waals surface area contributed by atoms with Crippen LogP contribution in [0.2, 0.25) is 10.0 Å². The Bertz CT molecular complexity index is 1060. The summed E-state index contributed by atoms with van der Waals surface area (Å²) in [5, 5.41) is 3.93. The number of carbonyl (C=O) groups excluding carboxylic acids is 2. The highest BCUT2D eigenvalue weighted by atomic mass is 79.9. The number of rotatable bonds is 8. The van der Waals surface area contributed by atoms with Gasteiger partial charge in [0.05, 0.1) is 14.5 Å². The maximum absolute atomic E-state index is 13.3. The van der Waals surface area contributed by atoms with Gasteiger partial charge in [0.15, 0.2) is 6.61 Å². The molecule has 2 amide bonds. The molecule has 0 aromatic heterocycles. The first-order valence-corrected chi connectivity index (χ1v) is 13.5. The fourth-order valence-electron chi connectivity index (χ4n) is 4.12. The second-order valence-corrected chi connectivity index (χ2v) is 11.8. The molecule has 1 unspecified atom stereocenters. The minimum atomic E-state index is -0.673. The molecule has 1 aliphatic carbocycles. The standard InChI is InChI=1S/C27H33BrCl2N2O3/c1-17(26(34)31-20-7-5-6-8-20)32(15-18-9-11-22(29)23(30)13-18)25(33)16-35-24-12-10-19(14-21(24)28)27(2,3)4/h9-14,17,20H,5-8,15-16H2,1-4H3,(H,31,34). The van der Waals surface area contributed by atoms with Gasteiger partial charge in [-0.3, -0.25) is 9.59 Å². The highest BCUT2D eigenvalue weighted by Gasteiger charge is 2.29. The largest absolute Gasteiger partial charge is 0.483 e. The van der Waals surface area contributed by atoms with E-state index >= 15 is 0 Å². The van der Waals surface area contributed by atoms with Crippen LogP contribution in [-0.2, 0) is 21.5 Å². The highest BCUT2D eigenvalue weighted by molar-refractivity contribution is 9.10. The van der Waals surface area contributed by atoms with Gasteiger partial charge in [-0.25, -0.2) is 0 Å². The van der Waals surface area contributed by atoms with Crippen LogP contribution in [0.3, 0.4) is 0 Å². The molecule has 0 saturated heterocycles. The van der Waals surface area contributed by atoms with E-state index in [4.69, 9.17) is 27.9 Å². The average Bonchev–Trinajstić information content (AvgIpc) is 3.30. The summed E-state index contributed by atoms with van der Waals surface area (Å²) in [6.45, 7) is 8.17. The van der Waals surface area contributed by atoms with Crippen molar-refractivity contribution in [2.24, 2.45) is 0 Å². The Hall–Kier alpha value is -1.76. The fraction of sp³-hybridized carbons (Fsp3) is 0.481. The third kappa shape index (κ3) is 7.61. The average molecular weight is 584 g/mol.